The van der Waals surface area contributed by atoms with Crippen LogP contribution in [0.1, 0.15) is 29.2 Å². The Labute approximate surface area is 188 Å². The fraction of sp³-hybridized carbons (Fsp3) is 0.273. The van der Waals surface area contributed by atoms with Crippen molar-refractivity contribution in [3.05, 3.63) is 59.6 Å². The van der Waals surface area contributed by atoms with E-state index in [0.717, 1.165) is 19.4 Å². The number of methoxy groups -OCH3 is 1. The second-order valence-electron chi connectivity index (χ2n) is 7.49. The van der Waals surface area contributed by atoms with Gasteiger partial charge in [0.05, 0.1) is 31.6 Å². The van der Waals surface area contributed by atoms with Crippen molar-refractivity contribution in [2.75, 3.05) is 25.6 Å². The number of hydrogen-bond donors (Lipinski definition) is 1. The molecule has 5 rings (SSSR count). The zero-order chi connectivity index (χ0) is 22.1. The van der Waals surface area contributed by atoms with E-state index in [4.69, 9.17) is 26.2 Å². The number of nitrogens with one attached hydrogen (secondary N) is 1. The van der Waals surface area contributed by atoms with Crippen molar-refractivity contribution >= 4 is 28.8 Å². The summed E-state index contributed by atoms with van der Waals surface area (Å²) in [5.41, 5.74) is 2.62. The number of aromatic nitrogens is 5. The lowest BCUT2D eigenvalue weighted by Crippen LogP contribution is -2.21. The summed E-state index contributed by atoms with van der Waals surface area (Å²) in [5, 5.41) is 12.5. The molecule has 0 bridgehead atoms. The molecule has 4 aromatic rings. The first-order valence-electron chi connectivity index (χ1n) is 10.2. The van der Waals surface area contributed by atoms with Crippen LogP contribution in [0.2, 0.25) is 5.02 Å². The molecular weight excluding hydrogens is 432 g/mol. The third-order valence-electron chi connectivity index (χ3n) is 5.43. The van der Waals surface area contributed by atoms with Gasteiger partial charge in [-0.1, -0.05) is 11.6 Å². The van der Waals surface area contributed by atoms with Crippen LogP contribution in [-0.4, -0.2) is 50.6 Å². The topological polar surface area (TPSA) is 95.6 Å². The minimum atomic E-state index is -0.333. The average molecular weight is 453 g/mol. The van der Waals surface area contributed by atoms with Gasteiger partial charge < -0.3 is 14.8 Å². The normalized spacial score (nSPS) is 16.2. The molecule has 1 atom stereocenters. The standard InChI is InChI=1S/C22H21ClN6O3/c1-31-19-6-5-14(23)10-16(19)20-18(12-29(27-20)15-4-2-9-32-13-15)26-22(30)17-11-25-28-8-3-7-24-21(17)28/h3,5-8,10-12,15H,2,4,9,13H2,1H3,(H,26,30)/t15-/m1/s1. The van der Waals surface area contributed by atoms with Crippen LogP contribution in [-0.2, 0) is 4.74 Å². The Morgan fingerprint density at radius 2 is 2.28 bits per heavy atom. The molecule has 1 aromatic carbocycles. The Morgan fingerprint density at radius 3 is 3.09 bits per heavy atom. The van der Waals surface area contributed by atoms with Gasteiger partial charge in [0.25, 0.3) is 5.91 Å². The highest BCUT2D eigenvalue weighted by molar-refractivity contribution is 6.31. The van der Waals surface area contributed by atoms with Crippen molar-refractivity contribution in [2.45, 2.75) is 18.9 Å². The molecule has 164 valence electrons. The zero-order valence-corrected chi connectivity index (χ0v) is 18.1. The Morgan fingerprint density at radius 1 is 1.38 bits per heavy atom. The maximum Gasteiger partial charge on any atom is 0.261 e. The molecule has 1 aliphatic rings. The number of fused-ring (bicyclic) bond motifs is 1. The fourth-order valence-electron chi connectivity index (χ4n) is 3.84. The molecule has 1 N–H and O–H groups in total. The van der Waals surface area contributed by atoms with Crippen molar-refractivity contribution in [1.82, 2.24) is 24.4 Å². The predicted octanol–water partition coefficient (Wildman–Crippen LogP) is 3.86. The van der Waals surface area contributed by atoms with Crippen molar-refractivity contribution in [2.24, 2.45) is 0 Å². The average Bonchev–Trinajstić information content (AvgIpc) is 3.44. The van der Waals surface area contributed by atoms with Crippen LogP contribution in [0, 0.1) is 0 Å². The third kappa shape index (κ3) is 3.80. The van der Waals surface area contributed by atoms with Gasteiger partial charge >= 0.3 is 0 Å². The minimum Gasteiger partial charge on any atom is -0.496 e. The first-order chi connectivity index (χ1) is 15.6. The lowest BCUT2D eigenvalue weighted by Gasteiger charge is -2.22. The van der Waals surface area contributed by atoms with Gasteiger partial charge in [0.15, 0.2) is 5.65 Å². The van der Waals surface area contributed by atoms with Crippen molar-refractivity contribution in [3.8, 4) is 17.0 Å². The van der Waals surface area contributed by atoms with Gasteiger partial charge in [-0.15, -0.1) is 0 Å². The van der Waals surface area contributed by atoms with Gasteiger partial charge in [0, 0.05) is 35.8 Å². The van der Waals surface area contributed by atoms with Crippen molar-refractivity contribution < 1.29 is 14.3 Å². The van der Waals surface area contributed by atoms with Gasteiger partial charge in [-0.2, -0.15) is 10.2 Å². The van der Waals surface area contributed by atoms with Gasteiger partial charge in [0.1, 0.15) is 17.0 Å². The molecule has 4 heterocycles. The summed E-state index contributed by atoms with van der Waals surface area (Å²) in [5.74, 6) is 0.271. The summed E-state index contributed by atoms with van der Waals surface area (Å²) in [7, 11) is 1.58. The van der Waals surface area contributed by atoms with Crippen LogP contribution in [0.5, 0.6) is 5.75 Å². The molecular formula is C22H21ClN6O3. The smallest absolute Gasteiger partial charge is 0.261 e. The van der Waals surface area contributed by atoms with Crippen molar-refractivity contribution in [1.29, 1.82) is 0 Å². The Hall–Kier alpha value is -3.43. The lowest BCUT2D eigenvalue weighted by atomic mass is 10.1. The zero-order valence-electron chi connectivity index (χ0n) is 17.4. The van der Waals surface area contributed by atoms with Crippen LogP contribution >= 0.6 is 11.6 Å². The summed E-state index contributed by atoms with van der Waals surface area (Å²) in [6, 6.07) is 7.13. The molecule has 32 heavy (non-hydrogen) atoms. The summed E-state index contributed by atoms with van der Waals surface area (Å²) < 4.78 is 14.6. The molecule has 1 saturated heterocycles. The van der Waals surface area contributed by atoms with E-state index < -0.39 is 0 Å². The number of nitrogens with zero attached hydrogens (tertiary/aromatic N) is 5. The number of halogens is 1. The number of anilines is 1. The Kier molecular flexibility index (Phi) is 5.50. The number of hydrogen-bond acceptors (Lipinski definition) is 6. The second kappa shape index (κ2) is 8.60. The molecule has 1 aliphatic heterocycles. The van der Waals surface area contributed by atoms with E-state index in [1.165, 1.54) is 6.20 Å². The summed E-state index contributed by atoms with van der Waals surface area (Å²) in [4.78, 5) is 17.4. The maximum atomic E-state index is 13.2. The van der Waals surface area contributed by atoms with E-state index in [2.05, 4.69) is 15.4 Å². The highest BCUT2D eigenvalue weighted by atomic mass is 35.5. The number of benzene rings is 1. The van der Waals surface area contributed by atoms with Crippen molar-refractivity contribution in [3.63, 3.8) is 0 Å². The Balaban J connectivity index is 1.56. The molecule has 1 amide bonds. The molecule has 0 saturated carbocycles. The third-order valence-corrected chi connectivity index (χ3v) is 5.67. The van der Waals surface area contributed by atoms with Gasteiger partial charge in [0.2, 0.25) is 0 Å². The molecule has 3 aromatic heterocycles. The first-order valence-corrected chi connectivity index (χ1v) is 10.6. The molecule has 9 nitrogen and oxygen atoms in total. The van der Waals surface area contributed by atoms with E-state index in [0.29, 0.717) is 45.5 Å². The largest absolute Gasteiger partial charge is 0.496 e. The van der Waals surface area contributed by atoms with E-state index in [1.807, 2.05) is 10.9 Å². The van der Waals surface area contributed by atoms with E-state index in [1.54, 1.807) is 48.3 Å². The second-order valence-corrected chi connectivity index (χ2v) is 7.92. The molecule has 0 aliphatic carbocycles. The lowest BCUT2D eigenvalue weighted by molar-refractivity contribution is 0.0550. The number of carbonyl (C=O) groups excluding carboxylic acids is 1. The predicted molar refractivity (Wildman–Crippen MR) is 119 cm³/mol. The number of amides is 1. The fourth-order valence-corrected chi connectivity index (χ4v) is 4.02. The summed E-state index contributed by atoms with van der Waals surface area (Å²) >= 11 is 6.27. The Bertz CT molecular complexity index is 1280. The summed E-state index contributed by atoms with van der Waals surface area (Å²) in [6.45, 7) is 1.32. The molecule has 10 heteroatoms. The minimum absolute atomic E-state index is 0.0805. The van der Waals surface area contributed by atoms with E-state index in [-0.39, 0.29) is 11.9 Å². The van der Waals surface area contributed by atoms with Crippen LogP contribution in [0.25, 0.3) is 16.9 Å². The van der Waals surface area contributed by atoms with Crippen LogP contribution < -0.4 is 10.1 Å². The van der Waals surface area contributed by atoms with Gasteiger partial charge in [-0.25, -0.2) is 9.50 Å². The SMILES string of the molecule is COc1ccc(Cl)cc1-c1nn([C@@H]2CCCOC2)cc1NC(=O)c1cnn2cccnc12. The summed E-state index contributed by atoms with van der Waals surface area (Å²) in [6.07, 6.45) is 8.58. The molecule has 1 fully saturated rings. The van der Waals surface area contributed by atoms with Gasteiger partial charge in [-0.05, 0) is 37.1 Å². The van der Waals surface area contributed by atoms with Gasteiger partial charge in [-0.3, -0.25) is 9.48 Å². The quantitative estimate of drug-likeness (QED) is 0.494. The van der Waals surface area contributed by atoms with Crippen LogP contribution in [0.15, 0.2) is 49.1 Å². The first kappa shape index (κ1) is 20.5. The molecule has 0 unspecified atom stereocenters. The van der Waals surface area contributed by atoms with E-state index in [9.17, 15) is 4.79 Å². The number of ether oxygens (including phenoxy) is 2. The van der Waals surface area contributed by atoms with Crippen LogP contribution in [0.4, 0.5) is 5.69 Å². The number of rotatable bonds is 5. The molecule has 0 radical (unpaired) electrons. The molecule has 0 spiro atoms. The number of carbonyl (C=O) groups is 1. The van der Waals surface area contributed by atoms with E-state index >= 15 is 0 Å². The monoisotopic (exact) mass is 452 g/mol. The van der Waals surface area contributed by atoms with Crippen LogP contribution in [0.3, 0.4) is 0 Å². The maximum absolute atomic E-state index is 13.2. The highest BCUT2D eigenvalue weighted by Crippen LogP contribution is 2.37. The highest BCUT2D eigenvalue weighted by Gasteiger charge is 2.24.